The van der Waals surface area contributed by atoms with E-state index in [2.05, 4.69) is 10.5 Å². The molecule has 1 N–H and O–H groups in total. The first-order valence-electron chi connectivity index (χ1n) is 6.62. The highest BCUT2D eigenvalue weighted by Gasteiger charge is 2.31. The lowest BCUT2D eigenvalue weighted by atomic mass is 10.2. The fraction of sp³-hybridized carbons (Fsp3) is 0.400. The van der Waals surface area contributed by atoms with Crippen LogP contribution >= 0.6 is 0 Å². The van der Waals surface area contributed by atoms with E-state index in [0.717, 1.165) is 34.2 Å². The number of rotatable bonds is 3. The molecule has 0 amide bonds. The molecule has 5 heteroatoms. The summed E-state index contributed by atoms with van der Waals surface area (Å²) in [6.07, 6.45) is 0. The summed E-state index contributed by atoms with van der Waals surface area (Å²) in [6.45, 7) is 8.31. The highest BCUT2D eigenvalue weighted by molar-refractivity contribution is 5.56. The summed E-state index contributed by atoms with van der Waals surface area (Å²) < 4.78 is 16.5. The third-order valence-corrected chi connectivity index (χ3v) is 3.31. The van der Waals surface area contributed by atoms with Crippen molar-refractivity contribution in [1.29, 1.82) is 0 Å². The monoisotopic (exact) mass is 274 g/mol. The molecule has 0 fully saturated rings. The SMILES string of the molecule is Cc1noc(C)c1CNc1ccc2c(c1)OC(C)(C)O2. The van der Waals surface area contributed by atoms with Gasteiger partial charge in [-0.1, -0.05) is 5.16 Å². The van der Waals surface area contributed by atoms with Gasteiger partial charge in [0.1, 0.15) is 5.76 Å². The zero-order valence-electron chi connectivity index (χ0n) is 12.1. The van der Waals surface area contributed by atoms with Gasteiger partial charge in [0.15, 0.2) is 11.5 Å². The smallest absolute Gasteiger partial charge is 0.246 e. The van der Waals surface area contributed by atoms with Crippen molar-refractivity contribution in [2.45, 2.75) is 40.0 Å². The van der Waals surface area contributed by atoms with Gasteiger partial charge in [0.25, 0.3) is 0 Å². The molecular weight excluding hydrogens is 256 g/mol. The van der Waals surface area contributed by atoms with Crippen LogP contribution in [0.2, 0.25) is 0 Å². The molecule has 2 heterocycles. The second-order valence-corrected chi connectivity index (χ2v) is 5.42. The van der Waals surface area contributed by atoms with E-state index in [-0.39, 0.29) is 0 Å². The minimum atomic E-state index is -0.595. The molecule has 0 atom stereocenters. The summed E-state index contributed by atoms with van der Waals surface area (Å²) in [7, 11) is 0. The summed E-state index contributed by atoms with van der Waals surface area (Å²) in [4.78, 5) is 0. The molecule has 0 bridgehead atoms. The zero-order chi connectivity index (χ0) is 14.3. The topological polar surface area (TPSA) is 56.5 Å². The number of ether oxygens (including phenoxy) is 2. The van der Waals surface area contributed by atoms with E-state index in [9.17, 15) is 0 Å². The predicted octanol–water partition coefficient (Wildman–Crippen LogP) is 3.41. The highest BCUT2D eigenvalue weighted by Crippen LogP contribution is 2.40. The molecule has 0 saturated heterocycles. The van der Waals surface area contributed by atoms with E-state index in [1.54, 1.807) is 0 Å². The van der Waals surface area contributed by atoms with Gasteiger partial charge in [0.2, 0.25) is 5.79 Å². The summed E-state index contributed by atoms with van der Waals surface area (Å²) in [5.41, 5.74) is 2.98. The summed E-state index contributed by atoms with van der Waals surface area (Å²) in [5, 5.41) is 7.30. The van der Waals surface area contributed by atoms with Crippen LogP contribution in [0.3, 0.4) is 0 Å². The molecule has 0 radical (unpaired) electrons. The van der Waals surface area contributed by atoms with Crippen LogP contribution in [0.4, 0.5) is 5.69 Å². The maximum absolute atomic E-state index is 5.73. The van der Waals surface area contributed by atoms with Crippen LogP contribution in [0, 0.1) is 13.8 Å². The van der Waals surface area contributed by atoms with Gasteiger partial charge in [-0.3, -0.25) is 0 Å². The molecule has 20 heavy (non-hydrogen) atoms. The molecule has 1 aliphatic heterocycles. The lowest BCUT2D eigenvalue weighted by Gasteiger charge is -2.16. The first-order valence-corrected chi connectivity index (χ1v) is 6.62. The van der Waals surface area contributed by atoms with Crippen LogP contribution in [0.15, 0.2) is 22.7 Å². The highest BCUT2D eigenvalue weighted by atomic mass is 16.7. The fourth-order valence-electron chi connectivity index (χ4n) is 2.28. The molecule has 0 saturated carbocycles. The standard InChI is InChI=1S/C15H18N2O3/c1-9-12(10(2)20-17-9)8-16-11-5-6-13-14(7-11)19-15(3,4)18-13/h5-7,16H,8H2,1-4H3. The number of aryl methyl sites for hydroxylation is 2. The van der Waals surface area contributed by atoms with Gasteiger partial charge in [0, 0.05) is 37.7 Å². The van der Waals surface area contributed by atoms with Gasteiger partial charge in [-0.2, -0.15) is 0 Å². The van der Waals surface area contributed by atoms with E-state index in [1.807, 2.05) is 45.9 Å². The first kappa shape index (κ1) is 12.8. The average molecular weight is 274 g/mol. The maximum Gasteiger partial charge on any atom is 0.246 e. The summed E-state index contributed by atoms with van der Waals surface area (Å²) in [5.74, 6) is 1.79. The molecule has 2 aromatic rings. The van der Waals surface area contributed by atoms with Crippen molar-refractivity contribution in [2.24, 2.45) is 0 Å². The third-order valence-electron chi connectivity index (χ3n) is 3.31. The Morgan fingerprint density at radius 2 is 1.90 bits per heavy atom. The summed E-state index contributed by atoms with van der Waals surface area (Å²) >= 11 is 0. The van der Waals surface area contributed by atoms with Gasteiger partial charge in [-0.25, -0.2) is 0 Å². The molecule has 3 rings (SSSR count). The normalized spacial score (nSPS) is 15.4. The van der Waals surface area contributed by atoms with Crippen LogP contribution in [0.5, 0.6) is 11.5 Å². The number of hydrogen-bond acceptors (Lipinski definition) is 5. The summed E-state index contributed by atoms with van der Waals surface area (Å²) in [6, 6.07) is 5.84. The van der Waals surface area contributed by atoms with Gasteiger partial charge in [-0.05, 0) is 26.0 Å². The number of benzene rings is 1. The predicted molar refractivity (Wildman–Crippen MR) is 75.1 cm³/mol. The Hall–Kier alpha value is -2.17. The Kier molecular flexibility index (Phi) is 2.85. The molecule has 106 valence electrons. The van der Waals surface area contributed by atoms with E-state index < -0.39 is 5.79 Å². The molecule has 5 nitrogen and oxygen atoms in total. The zero-order valence-corrected chi connectivity index (χ0v) is 12.1. The number of nitrogens with one attached hydrogen (secondary N) is 1. The van der Waals surface area contributed by atoms with Crippen LogP contribution in [0.25, 0.3) is 0 Å². The average Bonchev–Trinajstić information content (AvgIpc) is 2.85. The molecule has 1 aliphatic rings. The van der Waals surface area contributed by atoms with E-state index in [4.69, 9.17) is 14.0 Å². The number of fused-ring (bicyclic) bond motifs is 1. The molecule has 1 aromatic carbocycles. The maximum atomic E-state index is 5.73. The minimum absolute atomic E-state index is 0.595. The van der Waals surface area contributed by atoms with Crippen LogP contribution in [-0.2, 0) is 6.54 Å². The number of anilines is 1. The van der Waals surface area contributed by atoms with Gasteiger partial charge < -0.3 is 19.3 Å². The van der Waals surface area contributed by atoms with E-state index in [0.29, 0.717) is 6.54 Å². The molecular formula is C15H18N2O3. The van der Waals surface area contributed by atoms with Crippen LogP contribution in [-0.4, -0.2) is 10.9 Å². The van der Waals surface area contributed by atoms with Crippen molar-refractivity contribution in [3.8, 4) is 11.5 Å². The van der Waals surface area contributed by atoms with Crippen molar-refractivity contribution < 1.29 is 14.0 Å². The van der Waals surface area contributed by atoms with Crippen LogP contribution < -0.4 is 14.8 Å². The second-order valence-electron chi connectivity index (χ2n) is 5.42. The lowest BCUT2D eigenvalue weighted by molar-refractivity contribution is -0.0431. The third kappa shape index (κ3) is 2.31. The fourth-order valence-corrected chi connectivity index (χ4v) is 2.28. The number of nitrogens with zero attached hydrogens (tertiary/aromatic N) is 1. The van der Waals surface area contributed by atoms with E-state index >= 15 is 0 Å². The Balaban J connectivity index is 1.74. The van der Waals surface area contributed by atoms with Crippen molar-refractivity contribution in [3.63, 3.8) is 0 Å². The Labute approximate surface area is 117 Å². The Morgan fingerprint density at radius 1 is 1.15 bits per heavy atom. The number of hydrogen-bond donors (Lipinski definition) is 1. The Morgan fingerprint density at radius 3 is 2.60 bits per heavy atom. The van der Waals surface area contributed by atoms with Crippen molar-refractivity contribution in [2.75, 3.05) is 5.32 Å². The van der Waals surface area contributed by atoms with Crippen molar-refractivity contribution >= 4 is 5.69 Å². The van der Waals surface area contributed by atoms with E-state index in [1.165, 1.54) is 0 Å². The van der Waals surface area contributed by atoms with Gasteiger partial charge in [-0.15, -0.1) is 0 Å². The quantitative estimate of drug-likeness (QED) is 0.929. The van der Waals surface area contributed by atoms with Gasteiger partial charge >= 0.3 is 0 Å². The molecule has 0 unspecified atom stereocenters. The molecule has 1 aromatic heterocycles. The molecule has 0 spiro atoms. The first-order chi connectivity index (χ1) is 9.44. The van der Waals surface area contributed by atoms with Gasteiger partial charge in [0.05, 0.1) is 5.69 Å². The Bertz CT molecular complexity index is 627. The largest absolute Gasteiger partial charge is 0.449 e. The van der Waals surface area contributed by atoms with Crippen LogP contribution in [0.1, 0.15) is 30.9 Å². The lowest BCUT2D eigenvalue weighted by Crippen LogP contribution is -2.29. The second kappa shape index (κ2) is 4.44. The minimum Gasteiger partial charge on any atom is -0.449 e. The molecule has 0 aliphatic carbocycles. The number of aromatic nitrogens is 1. The van der Waals surface area contributed by atoms with Crippen molar-refractivity contribution in [1.82, 2.24) is 5.16 Å². The van der Waals surface area contributed by atoms with Crippen molar-refractivity contribution in [3.05, 3.63) is 35.2 Å².